The fourth-order valence-corrected chi connectivity index (χ4v) is 0.0722. The third kappa shape index (κ3) is 969. The van der Waals surface area contributed by atoms with Gasteiger partial charge >= 0.3 is 0 Å². The van der Waals surface area contributed by atoms with Crippen LogP contribution in [0.15, 0.2) is 0 Å². The number of amides is 2. The Labute approximate surface area is 141 Å². The Morgan fingerprint density at radius 2 is 1.11 bits per heavy atom. The molecule has 117 valence electrons. The molecule has 0 bridgehead atoms. The minimum absolute atomic E-state index is 0. The predicted octanol–water partition coefficient (Wildman–Crippen LogP) is 0.0651. The van der Waals surface area contributed by atoms with Crippen LogP contribution in [-0.2, 0) is 51.9 Å². The van der Waals surface area contributed by atoms with Gasteiger partial charge < -0.3 is 40.0 Å². The molecule has 0 saturated heterocycles. The Balaban J connectivity index is -0.0000000135. The van der Waals surface area contributed by atoms with Gasteiger partial charge in [0, 0.05) is 32.7 Å². The van der Waals surface area contributed by atoms with Gasteiger partial charge in [-0.25, -0.2) is 0 Å². The Kier molecular flexibility index (Phi) is 332. The van der Waals surface area contributed by atoms with Crippen molar-refractivity contribution in [3.8, 4) is 0 Å². The molecule has 0 rings (SSSR count). The van der Waals surface area contributed by atoms with E-state index in [0.717, 1.165) is 0 Å². The van der Waals surface area contributed by atoms with Gasteiger partial charge in [0.2, 0.25) is 0 Å². The summed E-state index contributed by atoms with van der Waals surface area (Å²) in [6.07, 6.45) is 2.95. The second-order valence-corrected chi connectivity index (χ2v) is 1.17. The number of carbonyl (C=O) groups excluding carboxylic acids is 2. The van der Waals surface area contributed by atoms with Gasteiger partial charge in [0.15, 0.2) is 0 Å². The van der Waals surface area contributed by atoms with E-state index in [-0.39, 0.29) is 55.0 Å². The Morgan fingerprint density at radius 1 is 0.895 bits per heavy atom. The van der Waals surface area contributed by atoms with Gasteiger partial charge in [0.05, 0.1) is 0 Å². The van der Waals surface area contributed by atoms with E-state index in [1.807, 2.05) is 6.92 Å². The first-order chi connectivity index (χ1) is 7.16. The molecular weight excluding hydrogens is 333 g/mol. The van der Waals surface area contributed by atoms with Crippen LogP contribution in [0.25, 0.3) is 0 Å². The van der Waals surface area contributed by atoms with Gasteiger partial charge in [-0.1, -0.05) is 42.1 Å². The van der Waals surface area contributed by atoms with Crippen LogP contribution in [0.4, 0.5) is 0 Å². The van der Waals surface area contributed by atoms with Crippen molar-refractivity contribution >= 4 is 25.8 Å². The SMILES string of the molecule is C.C.C.CCN[C-]=O.CN[C-]=O.O=[C-]O.O=[C-]O.[Y]. The van der Waals surface area contributed by atoms with E-state index in [4.69, 9.17) is 29.4 Å². The van der Waals surface area contributed by atoms with Crippen LogP contribution in [0.1, 0.15) is 29.2 Å². The summed E-state index contributed by atoms with van der Waals surface area (Å²) in [5.41, 5.74) is 0. The zero-order valence-electron chi connectivity index (χ0n) is 8.81. The fraction of sp³-hybridized carbons (Fsp3) is 0.600. The van der Waals surface area contributed by atoms with Gasteiger partial charge in [-0.05, 0) is 13.6 Å². The number of hydrogen-bond acceptors (Lipinski definition) is 4. The molecule has 0 aromatic carbocycles. The number of nitrogens with one attached hydrogen (secondary N) is 2. The minimum Gasteiger partial charge on any atom is -0.665 e. The van der Waals surface area contributed by atoms with Crippen molar-refractivity contribution in [2.24, 2.45) is 0 Å². The Bertz CT molecular complexity index is 133. The number of hydrogen-bond donors (Lipinski definition) is 4. The van der Waals surface area contributed by atoms with Crippen molar-refractivity contribution in [2.45, 2.75) is 29.2 Å². The largest absolute Gasteiger partial charge is 0.665 e. The van der Waals surface area contributed by atoms with Crippen LogP contribution in [-0.4, -0.2) is 49.6 Å². The molecule has 0 aromatic rings. The van der Waals surface area contributed by atoms with Gasteiger partial charge in [0.25, 0.3) is 0 Å². The zero-order valence-corrected chi connectivity index (χ0v) is 11.7. The summed E-state index contributed by atoms with van der Waals surface area (Å²) in [6, 6.07) is 0. The molecule has 0 atom stereocenters. The summed E-state index contributed by atoms with van der Waals surface area (Å²) in [6.45, 7) is 3.51. The van der Waals surface area contributed by atoms with Crippen molar-refractivity contribution in [3.63, 3.8) is 0 Å². The molecule has 4 N–H and O–H groups in total. The summed E-state index contributed by atoms with van der Waals surface area (Å²) >= 11 is 0. The van der Waals surface area contributed by atoms with Crippen LogP contribution < -0.4 is 10.6 Å². The smallest absolute Gasteiger partial charge is 0 e. The average molecular weight is 357 g/mol. The van der Waals surface area contributed by atoms with Crippen LogP contribution in [0.5, 0.6) is 0 Å². The molecule has 0 fully saturated rings. The molecule has 0 saturated carbocycles. The minimum atomic E-state index is 0. The Hall–Kier alpha value is -1.02. The quantitative estimate of drug-likeness (QED) is 0.417. The van der Waals surface area contributed by atoms with E-state index in [0.29, 0.717) is 19.5 Å². The van der Waals surface area contributed by atoms with Crippen molar-refractivity contribution in [1.29, 1.82) is 0 Å². The standard InChI is InChI=1S/C3H6NO.C2H4NO.2CHO2.3CH4.Y/c1-2-4-3-5;1-3-2-4;2*2-1-3;;;;/h2H2,1H3,(H,4,5);1H3,(H,3,4);2*(H,2,3);3*1H4;/q4*-1;;;;. The van der Waals surface area contributed by atoms with Crippen molar-refractivity contribution in [3.05, 3.63) is 0 Å². The van der Waals surface area contributed by atoms with Crippen molar-refractivity contribution in [2.75, 3.05) is 13.6 Å². The molecule has 0 aliphatic heterocycles. The van der Waals surface area contributed by atoms with E-state index in [2.05, 4.69) is 10.6 Å². The maximum absolute atomic E-state index is 9.17. The Morgan fingerprint density at radius 3 is 1.11 bits per heavy atom. The molecule has 0 aromatic heterocycles. The third-order valence-corrected chi connectivity index (χ3v) is 0.351. The second-order valence-electron chi connectivity index (χ2n) is 1.17. The van der Waals surface area contributed by atoms with Gasteiger partial charge in [-0.3, -0.25) is 0 Å². The molecule has 0 heterocycles. The van der Waals surface area contributed by atoms with E-state index in [1.165, 1.54) is 19.9 Å². The maximum Gasteiger partial charge on any atom is 0 e. The molecule has 1 radical (unpaired) electrons. The first kappa shape index (κ1) is 52.0. The van der Waals surface area contributed by atoms with Crippen LogP contribution in [0.3, 0.4) is 0 Å². The van der Waals surface area contributed by atoms with Crippen LogP contribution in [0.2, 0.25) is 0 Å². The topological polar surface area (TPSA) is 133 Å². The molecule has 0 spiro atoms. The summed E-state index contributed by atoms with van der Waals surface area (Å²) in [4.78, 5) is 34.6. The number of aliphatic hydroxyl groups excluding tert-OH is 2. The van der Waals surface area contributed by atoms with Crippen molar-refractivity contribution < 1.29 is 62.1 Å². The third-order valence-electron chi connectivity index (χ3n) is 0.351. The second kappa shape index (κ2) is 121. The molecule has 19 heavy (non-hydrogen) atoms. The normalized spacial score (nSPS) is 4.11. The van der Waals surface area contributed by atoms with E-state index in [9.17, 15) is 0 Å². The van der Waals surface area contributed by atoms with Crippen LogP contribution in [0, 0.1) is 0 Å². The van der Waals surface area contributed by atoms with Crippen molar-refractivity contribution in [1.82, 2.24) is 10.6 Å². The first-order valence-electron chi connectivity index (χ1n) is 3.32. The molecular formula is C10H24N2O6Y-4. The summed E-state index contributed by atoms with van der Waals surface area (Å²) in [5.74, 6) is 0. The molecule has 0 aliphatic rings. The van der Waals surface area contributed by atoms with Gasteiger partial charge in [-0.2, -0.15) is 12.8 Å². The maximum atomic E-state index is 9.17. The van der Waals surface area contributed by atoms with E-state index >= 15 is 0 Å². The predicted molar refractivity (Wildman–Crippen MR) is 71.0 cm³/mol. The average Bonchev–Trinajstić information content (AvgIpc) is 2.22. The molecule has 8 nitrogen and oxygen atoms in total. The molecule has 9 heteroatoms. The van der Waals surface area contributed by atoms with Gasteiger partial charge in [0.1, 0.15) is 0 Å². The molecule has 2 amide bonds. The van der Waals surface area contributed by atoms with Crippen LogP contribution >= 0.6 is 0 Å². The molecule has 0 unspecified atom stereocenters. The van der Waals surface area contributed by atoms with E-state index in [1.54, 1.807) is 0 Å². The van der Waals surface area contributed by atoms with Gasteiger partial charge in [-0.15, -0.1) is 0 Å². The monoisotopic (exact) mass is 357 g/mol. The summed E-state index contributed by atoms with van der Waals surface area (Å²) < 4.78 is 0. The summed E-state index contributed by atoms with van der Waals surface area (Å²) in [7, 11) is 1.51. The van der Waals surface area contributed by atoms with E-state index < -0.39 is 0 Å². The first-order valence-corrected chi connectivity index (χ1v) is 3.32. The number of rotatable bonds is 3. The summed E-state index contributed by atoms with van der Waals surface area (Å²) in [5, 5.41) is 18.0. The molecule has 0 aliphatic carbocycles. The fourth-order valence-electron chi connectivity index (χ4n) is 0.0722. The zero-order chi connectivity index (χ0) is 12.9.